The fraction of sp³-hybridized carbons (Fsp3) is 0.333. The zero-order valence-electron chi connectivity index (χ0n) is 5.29. The van der Waals surface area contributed by atoms with Crippen LogP contribution in [-0.2, 0) is 3.79 Å². The first kappa shape index (κ1) is 9.50. The van der Waals surface area contributed by atoms with E-state index in [1.54, 1.807) is 0 Å². The Kier molecular flexibility index (Phi) is 2.41. The Morgan fingerprint density at radius 1 is 1.50 bits per heavy atom. The number of halogens is 3. The molecule has 6 nitrogen and oxygen atoms in total. The molecule has 0 saturated carbocycles. The Hall–Kier alpha value is -0.590. The second-order valence-corrected chi connectivity index (χ2v) is 4.05. The van der Waals surface area contributed by atoms with Gasteiger partial charge >= 0.3 is 5.82 Å². The summed E-state index contributed by atoms with van der Waals surface area (Å²) in [4.78, 5) is 9.45. The van der Waals surface area contributed by atoms with Gasteiger partial charge in [0.25, 0.3) is 0 Å². The van der Waals surface area contributed by atoms with Gasteiger partial charge in [-0.2, -0.15) is 0 Å². The number of H-pyrrole nitrogens is 1. The first-order valence-corrected chi connectivity index (χ1v) is 3.69. The van der Waals surface area contributed by atoms with Crippen LogP contribution in [0.2, 0.25) is 0 Å². The van der Waals surface area contributed by atoms with Gasteiger partial charge in [0.1, 0.15) is 5.10 Å². The lowest BCUT2D eigenvalue weighted by Gasteiger charge is -2.04. The number of rotatable bonds is 1. The molecule has 0 aliphatic heterocycles. The van der Waals surface area contributed by atoms with Gasteiger partial charge in [-0.05, 0) is 4.92 Å². The van der Waals surface area contributed by atoms with Crippen LogP contribution in [0.1, 0.15) is 5.69 Å². The van der Waals surface area contributed by atoms with Crippen LogP contribution in [0.15, 0.2) is 0 Å². The summed E-state index contributed by atoms with van der Waals surface area (Å²) in [6.45, 7) is 0. The molecule has 0 aromatic carbocycles. The molecule has 9 heteroatoms. The maximum atomic E-state index is 10.2. The summed E-state index contributed by atoms with van der Waals surface area (Å²) in [6, 6.07) is 0. The number of nitro groups is 1. The number of nitrogens with one attached hydrogen (secondary N) is 1. The average Bonchev–Trinajstić information content (AvgIpc) is 2.30. The number of hydrogen-bond donors (Lipinski definition) is 1. The van der Waals surface area contributed by atoms with Crippen LogP contribution >= 0.6 is 34.8 Å². The van der Waals surface area contributed by atoms with Crippen LogP contribution in [0.3, 0.4) is 0 Å². The smallest absolute Gasteiger partial charge is 0.358 e. The van der Waals surface area contributed by atoms with Gasteiger partial charge in [-0.15, -0.1) is 0 Å². The standard InChI is InChI=1S/C3HCl3N4O2/c4-3(5,6)1-2(10(11)12)8-9-7-1/h(H,7,8,9). The molecule has 0 spiro atoms. The number of aromatic nitrogens is 3. The first-order chi connectivity index (χ1) is 5.43. The van der Waals surface area contributed by atoms with Gasteiger partial charge in [0.05, 0.1) is 0 Å². The summed E-state index contributed by atoms with van der Waals surface area (Å²) in [5.41, 5.74) is -0.252. The SMILES string of the molecule is O=[N+]([O-])c1nn[nH]c1C(Cl)(Cl)Cl. The van der Waals surface area contributed by atoms with Gasteiger partial charge < -0.3 is 10.1 Å². The number of aromatic amines is 1. The van der Waals surface area contributed by atoms with Crippen LogP contribution in [0.4, 0.5) is 5.82 Å². The molecular formula is C3HCl3N4O2. The molecule has 1 aromatic heterocycles. The Bertz CT molecular complexity index is 305. The summed E-state index contributed by atoms with van der Waals surface area (Å²) in [5, 5.41) is 18.6. The van der Waals surface area contributed by atoms with E-state index in [0.29, 0.717) is 0 Å². The zero-order chi connectivity index (χ0) is 9.35. The maximum Gasteiger partial charge on any atom is 0.417 e. The van der Waals surface area contributed by atoms with E-state index in [2.05, 4.69) is 15.4 Å². The fourth-order valence-electron chi connectivity index (χ4n) is 0.540. The van der Waals surface area contributed by atoms with Crippen LogP contribution in [0.5, 0.6) is 0 Å². The molecule has 12 heavy (non-hydrogen) atoms. The van der Waals surface area contributed by atoms with Gasteiger partial charge in [0.2, 0.25) is 3.79 Å². The van der Waals surface area contributed by atoms with Crippen molar-refractivity contribution in [1.82, 2.24) is 15.4 Å². The van der Waals surface area contributed by atoms with E-state index >= 15 is 0 Å². The Labute approximate surface area is 80.9 Å². The van der Waals surface area contributed by atoms with E-state index in [1.165, 1.54) is 0 Å². The second kappa shape index (κ2) is 3.04. The van der Waals surface area contributed by atoms with Gasteiger partial charge in [0.15, 0.2) is 5.69 Å². The average molecular weight is 231 g/mol. The first-order valence-electron chi connectivity index (χ1n) is 2.55. The molecular weight excluding hydrogens is 230 g/mol. The van der Waals surface area contributed by atoms with Crippen molar-refractivity contribution in [3.8, 4) is 0 Å². The van der Waals surface area contributed by atoms with E-state index in [9.17, 15) is 10.1 Å². The van der Waals surface area contributed by atoms with Crippen molar-refractivity contribution in [2.75, 3.05) is 0 Å². The lowest BCUT2D eigenvalue weighted by atomic mass is 10.5. The highest BCUT2D eigenvalue weighted by Crippen LogP contribution is 2.40. The largest absolute Gasteiger partial charge is 0.417 e. The molecule has 0 atom stereocenters. The molecule has 0 aliphatic carbocycles. The molecule has 0 radical (unpaired) electrons. The molecule has 66 valence electrons. The number of nitrogens with zero attached hydrogens (tertiary/aromatic N) is 3. The Morgan fingerprint density at radius 2 is 2.08 bits per heavy atom. The summed E-state index contributed by atoms with van der Waals surface area (Å²) in [6.07, 6.45) is 0. The van der Waals surface area contributed by atoms with Crippen LogP contribution in [0, 0.1) is 10.1 Å². The molecule has 1 aromatic rings. The minimum atomic E-state index is -1.91. The van der Waals surface area contributed by atoms with E-state index in [-0.39, 0.29) is 5.69 Å². The summed E-state index contributed by atoms with van der Waals surface area (Å²) < 4.78 is -1.91. The zero-order valence-corrected chi connectivity index (χ0v) is 7.56. The summed E-state index contributed by atoms with van der Waals surface area (Å²) >= 11 is 16.1. The highest BCUT2D eigenvalue weighted by molar-refractivity contribution is 6.66. The second-order valence-electron chi connectivity index (χ2n) is 1.77. The van der Waals surface area contributed by atoms with E-state index in [4.69, 9.17) is 34.8 Å². The summed E-state index contributed by atoms with van der Waals surface area (Å²) in [7, 11) is 0. The summed E-state index contributed by atoms with van der Waals surface area (Å²) in [5.74, 6) is -0.588. The molecule has 0 bridgehead atoms. The minimum Gasteiger partial charge on any atom is -0.358 e. The predicted molar refractivity (Wildman–Crippen MR) is 42.3 cm³/mol. The van der Waals surface area contributed by atoms with Gasteiger partial charge in [-0.25, -0.2) is 5.10 Å². The highest BCUT2D eigenvalue weighted by Gasteiger charge is 2.35. The van der Waals surface area contributed by atoms with Crippen molar-refractivity contribution in [1.29, 1.82) is 0 Å². The van der Waals surface area contributed by atoms with Crippen molar-refractivity contribution in [2.24, 2.45) is 0 Å². The lowest BCUT2D eigenvalue weighted by molar-refractivity contribution is -0.390. The molecule has 0 amide bonds. The van der Waals surface area contributed by atoms with Crippen LogP contribution < -0.4 is 0 Å². The monoisotopic (exact) mass is 230 g/mol. The highest BCUT2D eigenvalue weighted by atomic mass is 35.6. The van der Waals surface area contributed by atoms with Crippen molar-refractivity contribution < 1.29 is 4.92 Å². The molecule has 1 rings (SSSR count). The molecule has 0 fully saturated rings. The van der Waals surface area contributed by atoms with Crippen molar-refractivity contribution >= 4 is 40.6 Å². The maximum absolute atomic E-state index is 10.2. The van der Waals surface area contributed by atoms with Crippen molar-refractivity contribution in [3.05, 3.63) is 15.8 Å². The lowest BCUT2D eigenvalue weighted by Crippen LogP contribution is -2.04. The minimum absolute atomic E-state index is 0.252. The topological polar surface area (TPSA) is 84.7 Å². The van der Waals surface area contributed by atoms with Crippen LogP contribution in [-0.4, -0.2) is 20.3 Å². The normalized spacial score (nSPS) is 11.6. The third kappa shape index (κ3) is 1.77. The molecule has 0 aliphatic rings. The molecule has 1 heterocycles. The third-order valence-corrected chi connectivity index (χ3v) is 1.55. The predicted octanol–water partition coefficient (Wildman–Crippen LogP) is 1.54. The van der Waals surface area contributed by atoms with Crippen molar-refractivity contribution in [3.63, 3.8) is 0 Å². The van der Waals surface area contributed by atoms with Crippen molar-refractivity contribution in [2.45, 2.75) is 3.79 Å². The third-order valence-electron chi connectivity index (χ3n) is 0.987. The fourth-order valence-corrected chi connectivity index (χ4v) is 0.921. The van der Waals surface area contributed by atoms with E-state index < -0.39 is 14.5 Å². The Morgan fingerprint density at radius 3 is 2.42 bits per heavy atom. The number of alkyl halides is 3. The Balaban J connectivity index is 3.17. The van der Waals surface area contributed by atoms with E-state index in [1.807, 2.05) is 0 Å². The molecule has 0 unspecified atom stereocenters. The van der Waals surface area contributed by atoms with Gasteiger partial charge in [-0.1, -0.05) is 34.8 Å². The molecule has 0 saturated heterocycles. The molecule has 1 N–H and O–H groups in total. The van der Waals surface area contributed by atoms with E-state index in [0.717, 1.165) is 0 Å². The quantitative estimate of drug-likeness (QED) is 0.451. The van der Waals surface area contributed by atoms with Crippen LogP contribution in [0.25, 0.3) is 0 Å². The van der Waals surface area contributed by atoms with Gasteiger partial charge in [0, 0.05) is 5.21 Å². The number of hydrogen-bond acceptors (Lipinski definition) is 4. The van der Waals surface area contributed by atoms with Gasteiger partial charge in [-0.3, -0.25) is 0 Å².